The van der Waals surface area contributed by atoms with Crippen LogP contribution in [0.25, 0.3) is 0 Å². The van der Waals surface area contributed by atoms with Crippen LogP contribution in [0.3, 0.4) is 0 Å². The van der Waals surface area contributed by atoms with Gasteiger partial charge < -0.3 is 10.6 Å². The Bertz CT molecular complexity index is 969. The summed E-state index contributed by atoms with van der Waals surface area (Å²) in [4.78, 5) is 36.9. The fourth-order valence-corrected chi connectivity index (χ4v) is 2.91. The molecule has 8 heteroatoms. The molecule has 0 radical (unpaired) electrons. The molecule has 0 fully saturated rings. The minimum absolute atomic E-state index is 0.0754. The summed E-state index contributed by atoms with van der Waals surface area (Å²) in [7, 11) is 0. The molecule has 3 amide bonds. The number of hydrogen-bond donors (Lipinski definition) is 2. The van der Waals surface area contributed by atoms with E-state index in [0.29, 0.717) is 17.3 Å². The number of carbonyl (C=O) groups is 3. The van der Waals surface area contributed by atoms with E-state index in [1.165, 1.54) is 24.3 Å². The van der Waals surface area contributed by atoms with Gasteiger partial charge in [-0.05, 0) is 47.9 Å². The number of amides is 3. The third-order valence-corrected chi connectivity index (χ3v) is 4.62. The molecule has 1 aliphatic heterocycles. The van der Waals surface area contributed by atoms with Gasteiger partial charge in [0.2, 0.25) is 11.8 Å². The molecule has 2 N–H and O–H groups in total. The minimum Gasteiger partial charge on any atom is -0.324 e. The molecule has 2 aromatic carbocycles. The first-order valence-corrected chi connectivity index (χ1v) is 9.66. The number of rotatable bonds is 6. The van der Waals surface area contributed by atoms with Crippen LogP contribution in [0, 0.1) is 5.82 Å². The number of hydrogen-bond acceptors (Lipinski definition) is 4. The van der Waals surface area contributed by atoms with Gasteiger partial charge in [-0.3, -0.25) is 14.4 Å². The number of carbonyl (C=O) groups excluding carboxylic acids is 3. The molecule has 0 saturated heterocycles. The van der Waals surface area contributed by atoms with Gasteiger partial charge in [-0.15, -0.1) is 0 Å². The SMILES string of the molecule is CC(C)c1ccc(NC(=O)CN2N=C(C(=O)Nc3ccc(F)cc3)CCC2=O)cc1. The van der Waals surface area contributed by atoms with Gasteiger partial charge in [-0.1, -0.05) is 26.0 Å². The highest BCUT2D eigenvalue weighted by Gasteiger charge is 2.26. The molecule has 1 aliphatic rings. The number of benzene rings is 2. The molecule has 2 aromatic rings. The lowest BCUT2D eigenvalue weighted by molar-refractivity contribution is -0.135. The third kappa shape index (κ3) is 5.50. The predicted molar refractivity (Wildman–Crippen MR) is 113 cm³/mol. The van der Waals surface area contributed by atoms with E-state index in [0.717, 1.165) is 10.6 Å². The Morgan fingerprint density at radius 2 is 1.60 bits per heavy atom. The van der Waals surface area contributed by atoms with Crippen LogP contribution in [0.2, 0.25) is 0 Å². The lowest BCUT2D eigenvalue weighted by Gasteiger charge is -2.22. The first kappa shape index (κ1) is 21.2. The van der Waals surface area contributed by atoms with Gasteiger partial charge in [0.1, 0.15) is 18.1 Å². The van der Waals surface area contributed by atoms with Crippen LogP contribution in [0.15, 0.2) is 53.6 Å². The van der Waals surface area contributed by atoms with Gasteiger partial charge in [-0.25, -0.2) is 9.40 Å². The van der Waals surface area contributed by atoms with Crippen molar-refractivity contribution in [1.82, 2.24) is 5.01 Å². The van der Waals surface area contributed by atoms with Crippen molar-refractivity contribution in [2.75, 3.05) is 17.2 Å². The van der Waals surface area contributed by atoms with E-state index in [-0.39, 0.29) is 31.0 Å². The lowest BCUT2D eigenvalue weighted by atomic mass is 10.0. The molecule has 0 atom stereocenters. The maximum atomic E-state index is 13.0. The van der Waals surface area contributed by atoms with Crippen molar-refractivity contribution >= 4 is 34.8 Å². The van der Waals surface area contributed by atoms with Crippen molar-refractivity contribution in [1.29, 1.82) is 0 Å². The standard InChI is InChI=1S/C22H23FN4O3/c1-14(2)15-3-7-17(8-4-15)24-20(28)13-27-21(29)12-11-19(26-27)22(30)25-18-9-5-16(23)6-10-18/h3-10,14H,11-13H2,1-2H3,(H,24,28)(H,25,30). The van der Waals surface area contributed by atoms with Gasteiger partial charge in [-0.2, -0.15) is 5.10 Å². The molecule has 3 rings (SSSR count). The van der Waals surface area contributed by atoms with Gasteiger partial charge in [0.05, 0.1) is 0 Å². The Hall–Kier alpha value is -3.55. The van der Waals surface area contributed by atoms with E-state index in [4.69, 9.17) is 0 Å². The monoisotopic (exact) mass is 410 g/mol. The van der Waals surface area contributed by atoms with Crippen LogP contribution in [0.1, 0.15) is 38.2 Å². The molecule has 0 aromatic heterocycles. The van der Waals surface area contributed by atoms with E-state index in [2.05, 4.69) is 29.6 Å². The Balaban J connectivity index is 1.62. The Morgan fingerprint density at radius 1 is 1.00 bits per heavy atom. The largest absolute Gasteiger partial charge is 0.324 e. The maximum absolute atomic E-state index is 13.0. The Morgan fingerprint density at radius 3 is 2.23 bits per heavy atom. The highest BCUT2D eigenvalue weighted by molar-refractivity contribution is 6.43. The van der Waals surface area contributed by atoms with E-state index in [1.807, 2.05) is 12.1 Å². The first-order chi connectivity index (χ1) is 14.3. The fraction of sp³-hybridized carbons (Fsp3) is 0.273. The zero-order chi connectivity index (χ0) is 21.7. The van der Waals surface area contributed by atoms with Crippen LogP contribution < -0.4 is 10.6 Å². The molecule has 0 unspecified atom stereocenters. The van der Waals surface area contributed by atoms with Gasteiger partial charge >= 0.3 is 0 Å². The van der Waals surface area contributed by atoms with Crippen LogP contribution in [-0.2, 0) is 14.4 Å². The Labute approximate surface area is 174 Å². The van der Waals surface area contributed by atoms with Gasteiger partial charge in [0, 0.05) is 24.2 Å². The molecule has 156 valence electrons. The fourth-order valence-electron chi connectivity index (χ4n) is 2.91. The van der Waals surface area contributed by atoms with E-state index in [1.54, 1.807) is 12.1 Å². The van der Waals surface area contributed by atoms with Crippen molar-refractivity contribution < 1.29 is 18.8 Å². The number of nitrogens with one attached hydrogen (secondary N) is 2. The first-order valence-electron chi connectivity index (χ1n) is 9.66. The zero-order valence-corrected chi connectivity index (χ0v) is 16.8. The zero-order valence-electron chi connectivity index (χ0n) is 16.8. The average Bonchev–Trinajstić information content (AvgIpc) is 2.71. The summed E-state index contributed by atoms with van der Waals surface area (Å²) in [6.07, 6.45) is 0.243. The van der Waals surface area contributed by atoms with Crippen LogP contribution >= 0.6 is 0 Å². The number of halogens is 1. The van der Waals surface area contributed by atoms with Crippen LogP contribution in [0.5, 0.6) is 0 Å². The Kier molecular flexibility index (Phi) is 6.56. The molecule has 0 bridgehead atoms. The highest BCUT2D eigenvalue weighted by Crippen LogP contribution is 2.18. The highest BCUT2D eigenvalue weighted by atomic mass is 19.1. The van der Waals surface area contributed by atoms with E-state index in [9.17, 15) is 18.8 Å². The smallest absolute Gasteiger partial charge is 0.271 e. The normalized spacial score (nSPS) is 13.8. The average molecular weight is 410 g/mol. The molecule has 1 heterocycles. The summed E-state index contributed by atoms with van der Waals surface area (Å²) >= 11 is 0. The third-order valence-electron chi connectivity index (χ3n) is 4.62. The summed E-state index contributed by atoms with van der Waals surface area (Å²) in [6.45, 7) is 3.87. The molecule has 7 nitrogen and oxygen atoms in total. The van der Waals surface area contributed by atoms with Crippen LogP contribution in [0.4, 0.5) is 15.8 Å². The van der Waals surface area contributed by atoms with Crippen molar-refractivity contribution in [2.24, 2.45) is 5.10 Å². The summed E-state index contributed by atoms with van der Waals surface area (Å²) < 4.78 is 13.0. The van der Waals surface area contributed by atoms with Crippen molar-refractivity contribution in [3.05, 3.63) is 59.9 Å². The minimum atomic E-state index is -0.496. The molecule has 0 aliphatic carbocycles. The van der Waals surface area contributed by atoms with Crippen molar-refractivity contribution in [3.63, 3.8) is 0 Å². The predicted octanol–water partition coefficient (Wildman–Crippen LogP) is 3.50. The quantitative estimate of drug-likeness (QED) is 0.764. The molecule has 0 spiro atoms. The van der Waals surface area contributed by atoms with E-state index < -0.39 is 17.6 Å². The molecular weight excluding hydrogens is 387 g/mol. The number of anilines is 2. The number of nitrogens with zero attached hydrogens (tertiary/aromatic N) is 2. The second-order valence-corrected chi connectivity index (χ2v) is 7.28. The number of hydrazone groups is 1. The maximum Gasteiger partial charge on any atom is 0.271 e. The summed E-state index contributed by atoms with van der Waals surface area (Å²) in [5.74, 6) is -1.27. The van der Waals surface area contributed by atoms with Crippen molar-refractivity contribution in [3.8, 4) is 0 Å². The van der Waals surface area contributed by atoms with E-state index >= 15 is 0 Å². The molecule has 30 heavy (non-hydrogen) atoms. The summed E-state index contributed by atoms with van der Waals surface area (Å²) in [5.41, 5.74) is 2.32. The second kappa shape index (κ2) is 9.30. The summed E-state index contributed by atoms with van der Waals surface area (Å²) in [5, 5.41) is 10.4. The summed E-state index contributed by atoms with van der Waals surface area (Å²) in [6, 6.07) is 12.8. The van der Waals surface area contributed by atoms with Gasteiger partial charge in [0.15, 0.2) is 0 Å². The second-order valence-electron chi connectivity index (χ2n) is 7.28. The van der Waals surface area contributed by atoms with Gasteiger partial charge in [0.25, 0.3) is 5.91 Å². The van der Waals surface area contributed by atoms with Crippen LogP contribution in [-0.4, -0.2) is 35.0 Å². The molecular formula is C22H23FN4O3. The van der Waals surface area contributed by atoms with Crippen molar-refractivity contribution in [2.45, 2.75) is 32.6 Å². The topological polar surface area (TPSA) is 90.9 Å². The molecule has 0 saturated carbocycles. The lowest BCUT2D eigenvalue weighted by Crippen LogP contribution is -2.40.